The molecule has 2 aromatic rings. The molecule has 2 rings (SSSR count). The fourth-order valence-corrected chi connectivity index (χ4v) is 2.96. The van der Waals surface area contributed by atoms with Crippen molar-refractivity contribution in [2.75, 3.05) is 43.2 Å². The Labute approximate surface area is 176 Å². The standard InChI is InChI=1S/C22H28N4O4/c1-5-16-8-6-7-9-18(16)24-21(28)13-26(3)14-22(29)25-19-12-17(23-15(2)27)10-11-20(19)30-4/h6-12H,5,13-14H2,1-4H3,(H,23,27)(H,24,28)(H,25,29). The minimum atomic E-state index is -0.308. The first kappa shape index (κ1) is 22.9. The lowest BCUT2D eigenvalue weighted by Gasteiger charge is -2.18. The van der Waals surface area contributed by atoms with Crippen LogP contribution in [0.5, 0.6) is 5.75 Å². The van der Waals surface area contributed by atoms with Gasteiger partial charge in [-0.1, -0.05) is 25.1 Å². The first-order valence-electron chi connectivity index (χ1n) is 9.64. The lowest BCUT2D eigenvalue weighted by atomic mass is 10.1. The maximum atomic E-state index is 12.4. The number of carbonyl (C=O) groups excluding carboxylic acids is 3. The summed E-state index contributed by atoms with van der Waals surface area (Å²) in [6.07, 6.45) is 0.814. The number of nitrogens with one attached hydrogen (secondary N) is 3. The van der Waals surface area contributed by atoms with Crippen molar-refractivity contribution in [1.82, 2.24) is 4.90 Å². The van der Waals surface area contributed by atoms with Crippen molar-refractivity contribution in [1.29, 1.82) is 0 Å². The number of methoxy groups -OCH3 is 1. The van der Waals surface area contributed by atoms with Crippen LogP contribution in [0.3, 0.4) is 0 Å². The van der Waals surface area contributed by atoms with Crippen molar-refractivity contribution in [2.45, 2.75) is 20.3 Å². The number of aryl methyl sites for hydroxylation is 1. The van der Waals surface area contributed by atoms with Crippen molar-refractivity contribution < 1.29 is 19.1 Å². The Morgan fingerprint density at radius 3 is 2.17 bits per heavy atom. The molecule has 8 nitrogen and oxygen atoms in total. The van der Waals surface area contributed by atoms with E-state index in [9.17, 15) is 14.4 Å². The summed E-state index contributed by atoms with van der Waals surface area (Å²) in [5, 5.41) is 8.31. The van der Waals surface area contributed by atoms with E-state index in [4.69, 9.17) is 4.74 Å². The summed E-state index contributed by atoms with van der Waals surface area (Å²) < 4.78 is 5.26. The molecule has 0 aliphatic carbocycles. The smallest absolute Gasteiger partial charge is 0.238 e. The van der Waals surface area contributed by atoms with Crippen molar-refractivity contribution in [3.05, 3.63) is 48.0 Å². The first-order chi connectivity index (χ1) is 14.3. The molecule has 8 heteroatoms. The van der Waals surface area contributed by atoms with Gasteiger partial charge in [0, 0.05) is 18.3 Å². The Bertz CT molecular complexity index is 914. The molecule has 0 saturated carbocycles. The number of hydrogen-bond acceptors (Lipinski definition) is 5. The van der Waals surface area contributed by atoms with Crippen LogP contribution in [-0.4, -0.2) is 49.9 Å². The van der Waals surface area contributed by atoms with Crippen LogP contribution in [0, 0.1) is 0 Å². The number of anilines is 3. The Hall–Kier alpha value is -3.39. The molecule has 0 aliphatic rings. The van der Waals surface area contributed by atoms with Gasteiger partial charge in [-0.3, -0.25) is 19.3 Å². The van der Waals surface area contributed by atoms with Gasteiger partial charge in [0.1, 0.15) is 5.75 Å². The zero-order chi connectivity index (χ0) is 22.1. The fraction of sp³-hybridized carbons (Fsp3) is 0.318. The second kappa shape index (κ2) is 11.0. The van der Waals surface area contributed by atoms with Crippen molar-refractivity contribution in [3.8, 4) is 5.75 Å². The molecule has 0 radical (unpaired) electrons. The molecule has 0 spiro atoms. The van der Waals surface area contributed by atoms with E-state index in [2.05, 4.69) is 16.0 Å². The third-order valence-electron chi connectivity index (χ3n) is 4.29. The number of ether oxygens (including phenoxy) is 1. The third-order valence-corrected chi connectivity index (χ3v) is 4.29. The first-order valence-corrected chi connectivity index (χ1v) is 9.64. The highest BCUT2D eigenvalue weighted by Crippen LogP contribution is 2.27. The van der Waals surface area contributed by atoms with E-state index in [1.807, 2.05) is 31.2 Å². The number of likely N-dealkylation sites (N-methyl/N-ethyl adjacent to an activating group) is 1. The van der Waals surface area contributed by atoms with Crippen LogP contribution in [0.15, 0.2) is 42.5 Å². The van der Waals surface area contributed by atoms with Crippen molar-refractivity contribution >= 4 is 34.8 Å². The van der Waals surface area contributed by atoms with Crippen molar-refractivity contribution in [2.24, 2.45) is 0 Å². The van der Waals surface area contributed by atoms with Crippen LogP contribution in [-0.2, 0) is 20.8 Å². The van der Waals surface area contributed by atoms with Crippen LogP contribution in [0.2, 0.25) is 0 Å². The van der Waals surface area contributed by atoms with Crippen LogP contribution in [0.1, 0.15) is 19.4 Å². The Kier molecular flexibility index (Phi) is 8.37. The molecule has 0 atom stereocenters. The van der Waals surface area contributed by atoms with E-state index in [-0.39, 0.29) is 30.8 Å². The quantitative estimate of drug-likeness (QED) is 0.588. The zero-order valence-corrected chi connectivity index (χ0v) is 17.7. The number of benzene rings is 2. The second-order valence-electron chi connectivity index (χ2n) is 6.88. The third kappa shape index (κ3) is 6.89. The predicted octanol–water partition coefficient (Wildman–Crippen LogP) is 2.73. The summed E-state index contributed by atoms with van der Waals surface area (Å²) in [6.45, 7) is 3.50. The second-order valence-corrected chi connectivity index (χ2v) is 6.88. The molecule has 0 aromatic heterocycles. The maximum Gasteiger partial charge on any atom is 0.238 e. The highest BCUT2D eigenvalue weighted by molar-refractivity contribution is 5.97. The Morgan fingerprint density at radius 2 is 1.57 bits per heavy atom. The molecule has 0 aliphatic heterocycles. The number of nitrogens with zero attached hydrogens (tertiary/aromatic N) is 1. The summed E-state index contributed by atoms with van der Waals surface area (Å²) in [5.41, 5.74) is 2.81. The van der Waals surface area contributed by atoms with Gasteiger partial charge in [0.05, 0.1) is 25.9 Å². The molecule has 0 unspecified atom stereocenters. The van der Waals surface area contributed by atoms with Gasteiger partial charge < -0.3 is 20.7 Å². The van der Waals surface area contributed by atoms with E-state index in [0.29, 0.717) is 17.1 Å². The molecule has 0 saturated heterocycles. The molecule has 3 N–H and O–H groups in total. The molecule has 0 fully saturated rings. The van der Waals surface area contributed by atoms with Crippen LogP contribution in [0.4, 0.5) is 17.1 Å². The molecule has 160 valence electrons. The summed E-state index contributed by atoms with van der Waals surface area (Å²) in [4.78, 5) is 37.6. The average molecular weight is 412 g/mol. The molecule has 30 heavy (non-hydrogen) atoms. The zero-order valence-electron chi connectivity index (χ0n) is 17.7. The number of hydrogen-bond donors (Lipinski definition) is 3. The monoisotopic (exact) mass is 412 g/mol. The lowest BCUT2D eigenvalue weighted by molar-refractivity contribution is -0.119. The van der Waals surface area contributed by atoms with Gasteiger partial charge in [0.2, 0.25) is 17.7 Å². The molecular formula is C22H28N4O4. The fourth-order valence-electron chi connectivity index (χ4n) is 2.96. The summed E-state index contributed by atoms with van der Waals surface area (Å²) in [5.74, 6) is -0.254. The van der Waals surface area contributed by atoms with Gasteiger partial charge >= 0.3 is 0 Å². The SMILES string of the molecule is CCc1ccccc1NC(=O)CN(C)CC(=O)Nc1cc(NC(C)=O)ccc1OC. The lowest BCUT2D eigenvalue weighted by Crippen LogP contribution is -2.36. The topological polar surface area (TPSA) is 99.8 Å². The van der Waals surface area contributed by atoms with Crippen LogP contribution < -0.4 is 20.7 Å². The molecule has 0 heterocycles. The highest BCUT2D eigenvalue weighted by Gasteiger charge is 2.14. The number of amides is 3. The predicted molar refractivity (Wildman–Crippen MR) is 118 cm³/mol. The van der Waals surface area contributed by atoms with E-state index in [0.717, 1.165) is 17.7 Å². The molecular weight excluding hydrogens is 384 g/mol. The van der Waals surface area contributed by atoms with Crippen LogP contribution >= 0.6 is 0 Å². The van der Waals surface area contributed by atoms with Gasteiger partial charge in [-0.25, -0.2) is 0 Å². The van der Waals surface area contributed by atoms with Crippen LogP contribution in [0.25, 0.3) is 0 Å². The maximum absolute atomic E-state index is 12.4. The van der Waals surface area contributed by atoms with Gasteiger partial charge in [-0.05, 0) is 43.3 Å². The summed E-state index contributed by atoms with van der Waals surface area (Å²) in [7, 11) is 3.18. The van der Waals surface area contributed by atoms with Gasteiger partial charge in [-0.2, -0.15) is 0 Å². The molecule has 0 bridgehead atoms. The minimum Gasteiger partial charge on any atom is -0.495 e. The Balaban J connectivity index is 1.94. The highest BCUT2D eigenvalue weighted by atomic mass is 16.5. The molecule has 3 amide bonds. The summed E-state index contributed by atoms with van der Waals surface area (Å²) in [6, 6.07) is 12.6. The van der Waals surface area contributed by atoms with Gasteiger partial charge in [0.25, 0.3) is 0 Å². The van der Waals surface area contributed by atoms with Gasteiger partial charge in [0.15, 0.2) is 0 Å². The van der Waals surface area contributed by atoms with E-state index >= 15 is 0 Å². The summed E-state index contributed by atoms with van der Waals surface area (Å²) >= 11 is 0. The van der Waals surface area contributed by atoms with E-state index in [1.165, 1.54) is 14.0 Å². The molecule has 2 aromatic carbocycles. The van der Waals surface area contributed by atoms with E-state index < -0.39 is 0 Å². The average Bonchev–Trinajstić information content (AvgIpc) is 2.67. The number of rotatable bonds is 9. The van der Waals surface area contributed by atoms with Gasteiger partial charge in [-0.15, -0.1) is 0 Å². The Morgan fingerprint density at radius 1 is 0.933 bits per heavy atom. The minimum absolute atomic E-state index is 0.0103. The normalized spacial score (nSPS) is 10.4. The largest absolute Gasteiger partial charge is 0.495 e. The van der Waals surface area contributed by atoms with Crippen molar-refractivity contribution in [3.63, 3.8) is 0 Å². The number of carbonyl (C=O) groups is 3. The number of para-hydroxylation sites is 1. The van der Waals surface area contributed by atoms with E-state index in [1.54, 1.807) is 30.1 Å².